The molecule has 0 aromatic carbocycles. The molecule has 4 aromatic heterocycles. The van der Waals surface area contributed by atoms with Gasteiger partial charge in [0.15, 0.2) is 0 Å². The Morgan fingerprint density at radius 1 is 1.11 bits per heavy atom. The van der Waals surface area contributed by atoms with Crippen LogP contribution in [0.2, 0.25) is 0 Å². The first-order valence-corrected chi connectivity index (χ1v) is 12.3. The number of amides is 1. The number of carbonyl (C=O) groups is 1. The summed E-state index contributed by atoms with van der Waals surface area (Å²) in [5, 5.41) is 21.3. The highest BCUT2D eigenvalue weighted by Crippen LogP contribution is 2.33. The predicted molar refractivity (Wildman–Crippen MR) is 138 cm³/mol. The second kappa shape index (κ2) is 9.82. The molecule has 184 valence electrons. The zero-order valence-electron chi connectivity index (χ0n) is 20.8. The van der Waals surface area contributed by atoms with Crippen molar-refractivity contribution in [3.05, 3.63) is 54.7 Å². The molecule has 0 unspecified atom stereocenters. The highest BCUT2D eigenvalue weighted by molar-refractivity contribution is 5.87. The molecule has 0 spiro atoms. The van der Waals surface area contributed by atoms with Crippen LogP contribution in [0.15, 0.2) is 49.2 Å². The van der Waals surface area contributed by atoms with Crippen LogP contribution >= 0.6 is 0 Å². The standard InChI is InChI=1S/C27H30N8O/c1-18(2)32-26(36)10-19-6-8-34(9-7-19)25-5-4-20(13-29-25)24-11-21(23-15-30-33(3)16-23)17-35-27(24)22(12-28)14-31-35/h4-5,11,13-19H,6-10H2,1-3H3,(H,32,36). The molecule has 0 saturated carbocycles. The number of hydrogen-bond donors (Lipinski definition) is 1. The van der Waals surface area contributed by atoms with Gasteiger partial charge < -0.3 is 10.2 Å². The molecule has 0 atom stereocenters. The van der Waals surface area contributed by atoms with Crippen molar-refractivity contribution in [2.45, 2.75) is 39.2 Å². The molecule has 36 heavy (non-hydrogen) atoms. The smallest absolute Gasteiger partial charge is 0.220 e. The molecule has 0 aliphatic carbocycles. The minimum absolute atomic E-state index is 0.141. The Morgan fingerprint density at radius 3 is 2.56 bits per heavy atom. The maximum absolute atomic E-state index is 12.1. The molecule has 0 radical (unpaired) electrons. The molecule has 5 rings (SSSR count). The highest BCUT2D eigenvalue weighted by atomic mass is 16.1. The van der Waals surface area contributed by atoms with Crippen molar-refractivity contribution < 1.29 is 4.79 Å². The van der Waals surface area contributed by atoms with Crippen molar-refractivity contribution in [2.24, 2.45) is 13.0 Å². The maximum Gasteiger partial charge on any atom is 0.220 e. The molecule has 9 heteroatoms. The predicted octanol–water partition coefficient (Wildman–Crippen LogP) is 3.80. The van der Waals surface area contributed by atoms with E-state index in [1.54, 1.807) is 15.4 Å². The molecule has 1 amide bonds. The Hall–Kier alpha value is -4.19. The van der Waals surface area contributed by atoms with Crippen LogP contribution in [0.5, 0.6) is 0 Å². The second-order valence-corrected chi connectivity index (χ2v) is 9.77. The Morgan fingerprint density at radius 2 is 1.92 bits per heavy atom. The van der Waals surface area contributed by atoms with Gasteiger partial charge >= 0.3 is 0 Å². The van der Waals surface area contributed by atoms with E-state index in [4.69, 9.17) is 4.98 Å². The first-order valence-electron chi connectivity index (χ1n) is 12.3. The van der Waals surface area contributed by atoms with E-state index in [-0.39, 0.29) is 11.9 Å². The van der Waals surface area contributed by atoms with Gasteiger partial charge in [0.2, 0.25) is 5.91 Å². The summed E-state index contributed by atoms with van der Waals surface area (Å²) < 4.78 is 3.52. The lowest BCUT2D eigenvalue weighted by atomic mass is 9.93. The van der Waals surface area contributed by atoms with Crippen LogP contribution in [0, 0.1) is 17.2 Å². The Balaban J connectivity index is 1.37. The van der Waals surface area contributed by atoms with Crippen LogP contribution in [0.4, 0.5) is 5.82 Å². The van der Waals surface area contributed by atoms with Gasteiger partial charge in [-0.25, -0.2) is 9.50 Å². The highest BCUT2D eigenvalue weighted by Gasteiger charge is 2.23. The van der Waals surface area contributed by atoms with Crippen molar-refractivity contribution in [1.82, 2.24) is 29.7 Å². The van der Waals surface area contributed by atoms with Crippen LogP contribution in [0.25, 0.3) is 27.8 Å². The van der Waals surface area contributed by atoms with E-state index in [2.05, 4.69) is 38.6 Å². The van der Waals surface area contributed by atoms with Gasteiger partial charge in [-0.15, -0.1) is 0 Å². The summed E-state index contributed by atoms with van der Waals surface area (Å²) in [4.78, 5) is 19.2. The fraction of sp³-hybridized carbons (Fsp3) is 0.370. The number of pyridine rings is 2. The number of nitriles is 1. The van der Waals surface area contributed by atoms with Crippen LogP contribution in [0.3, 0.4) is 0 Å². The number of carbonyl (C=O) groups excluding carboxylic acids is 1. The number of nitrogens with one attached hydrogen (secondary N) is 1. The first-order chi connectivity index (χ1) is 17.4. The molecule has 5 heterocycles. The van der Waals surface area contributed by atoms with E-state index >= 15 is 0 Å². The zero-order chi connectivity index (χ0) is 25.2. The third kappa shape index (κ3) is 4.80. The third-order valence-electron chi connectivity index (χ3n) is 6.69. The van der Waals surface area contributed by atoms with Gasteiger partial charge in [-0.2, -0.15) is 15.5 Å². The van der Waals surface area contributed by atoms with Gasteiger partial charge in [0.25, 0.3) is 0 Å². The van der Waals surface area contributed by atoms with Crippen molar-refractivity contribution in [3.63, 3.8) is 0 Å². The summed E-state index contributed by atoms with van der Waals surface area (Å²) in [5.74, 6) is 1.48. The minimum atomic E-state index is 0.141. The van der Waals surface area contributed by atoms with Gasteiger partial charge in [-0.3, -0.25) is 9.48 Å². The first kappa shape index (κ1) is 23.5. The lowest BCUT2D eigenvalue weighted by Crippen LogP contribution is -2.37. The largest absolute Gasteiger partial charge is 0.357 e. The van der Waals surface area contributed by atoms with E-state index in [1.807, 2.05) is 51.7 Å². The molecule has 1 aliphatic rings. The number of nitrogens with zero attached hydrogens (tertiary/aromatic N) is 7. The summed E-state index contributed by atoms with van der Waals surface area (Å²) in [7, 11) is 1.89. The van der Waals surface area contributed by atoms with Crippen molar-refractivity contribution in [2.75, 3.05) is 18.0 Å². The molecule has 4 aromatic rings. The second-order valence-electron chi connectivity index (χ2n) is 9.77. The molecular weight excluding hydrogens is 452 g/mol. The van der Waals surface area contributed by atoms with E-state index in [0.717, 1.165) is 59.5 Å². The summed E-state index contributed by atoms with van der Waals surface area (Å²) in [6.07, 6.45) is 11.7. The van der Waals surface area contributed by atoms with Gasteiger partial charge in [0, 0.05) is 73.4 Å². The fourth-order valence-corrected chi connectivity index (χ4v) is 4.89. The molecule has 1 fully saturated rings. The lowest BCUT2D eigenvalue weighted by molar-refractivity contribution is -0.122. The van der Waals surface area contributed by atoms with Crippen LogP contribution in [-0.2, 0) is 11.8 Å². The van der Waals surface area contributed by atoms with Crippen molar-refractivity contribution in [3.8, 4) is 28.3 Å². The quantitative estimate of drug-likeness (QED) is 0.448. The third-order valence-corrected chi connectivity index (χ3v) is 6.69. The number of aromatic nitrogens is 5. The van der Waals surface area contributed by atoms with E-state index in [1.165, 1.54) is 0 Å². The number of rotatable bonds is 6. The van der Waals surface area contributed by atoms with E-state index in [9.17, 15) is 10.1 Å². The molecule has 1 saturated heterocycles. The number of fused-ring (bicyclic) bond motifs is 1. The van der Waals surface area contributed by atoms with Crippen molar-refractivity contribution in [1.29, 1.82) is 5.26 Å². The van der Waals surface area contributed by atoms with Gasteiger partial charge in [0.1, 0.15) is 11.9 Å². The molecule has 0 bridgehead atoms. The van der Waals surface area contributed by atoms with Crippen molar-refractivity contribution >= 4 is 17.2 Å². The Bertz CT molecular complexity index is 1420. The van der Waals surface area contributed by atoms with Gasteiger partial charge in [0.05, 0.1) is 23.5 Å². The molecule has 9 nitrogen and oxygen atoms in total. The van der Waals surface area contributed by atoms with Crippen LogP contribution in [-0.4, -0.2) is 49.4 Å². The van der Waals surface area contributed by atoms with Gasteiger partial charge in [-0.1, -0.05) is 0 Å². The summed E-state index contributed by atoms with van der Waals surface area (Å²) >= 11 is 0. The number of hydrogen-bond acceptors (Lipinski definition) is 6. The van der Waals surface area contributed by atoms with E-state index < -0.39 is 0 Å². The Labute approximate surface area is 210 Å². The van der Waals surface area contributed by atoms with Crippen LogP contribution in [0.1, 0.15) is 38.7 Å². The monoisotopic (exact) mass is 482 g/mol. The summed E-state index contributed by atoms with van der Waals surface area (Å²) in [6.45, 7) is 5.75. The lowest BCUT2D eigenvalue weighted by Gasteiger charge is -2.32. The number of aryl methyl sites for hydroxylation is 1. The summed E-state index contributed by atoms with van der Waals surface area (Å²) in [6, 6.07) is 8.60. The number of anilines is 1. The Kier molecular flexibility index (Phi) is 6.42. The SMILES string of the molecule is CC(C)NC(=O)CC1CCN(c2ccc(-c3cc(-c4cnn(C)c4)cn4ncc(C#N)c34)cn2)CC1. The normalized spacial score (nSPS) is 14.4. The maximum atomic E-state index is 12.1. The minimum Gasteiger partial charge on any atom is -0.357 e. The topological polar surface area (TPSA) is 104 Å². The fourth-order valence-electron chi connectivity index (χ4n) is 4.89. The summed E-state index contributed by atoms with van der Waals surface area (Å²) in [5.41, 5.74) is 5.05. The molecule has 1 aliphatic heterocycles. The average molecular weight is 483 g/mol. The average Bonchev–Trinajstić information content (AvgIpc) is 3.49. The zero-order valence-corrected chi connectivity index (χ0v) is 20.8. The number of piperidine rings is 1. The van der Waals surface area contributed by atoms with E-state index in [0.29, 0.717) is 17.9 Å². The van der Waals surface area contributed by atoms with Gasteiger partial charge in [-0.05, 0) is 50.8 Å². The van der Waals surface area contributed by atoms with Crippen LogP contribution < -0.4 is 10.2 Å². The molecular formula is C27H30N8O. The molecule has 1 N–H and O–H groups in total.